The Bertz CT molecular complexity index is 1380. The minimum Gasteiger partial charge on any atom is -0.756 e. The Morgan fingerprint density at radius 3 is 1.25 bits per heavy atom. The number of carbonyl (C=O) groups excluding carboxylic acids is 1. The van der Waals surface area contributed by atoms with Crippen LogP contribution in [0.5, 0.6) is 0 Å². The highest BCUT2D eigenvalue weighted by Gasteiger charge is 2.16. The zero-order valence-corrected chi connectivity index (χ0v) is 39.7. The van der Waals surface area contributed by atoms with Crippen LogP contribution >= 0.6 is 7.82 Å². The molecule has 0 aliphatic carbocycles. The second-order valence-electron chi connectivity index (χ2n) is 16.2. The van der Waals surface area contributed by atoms with Gasteiger partial charge in [-0.05, 0) is 83.5 Å². The van der Waals surface area contributed by atoms with Gasteiger partial charge in [0.15, 0.2) is 0 Å². The van der Waals surface area contributed by atoms with Gasteiger partial charge >= 0.3 is 5.97 Å². The Labute approximate surface area is 373 Å². The van der Waals surface area contributed by atoms with E-state index in [1.165, 1.54) is 44.9 Å². The SMILES string of the molecule is CC/C=C\C/C=C\C/C=C\C/C=C\C/C=C\C/C=C\C/C=C\C/C=C\C/C=C\C/C=C\CCCCCCCCCCCCC(=O)OCC(O)COP(=O)([O-])OCC[N+](C)(C)C. The molecular formula is C52H86NO7P. The average molecular weight is 868 g/mol. The Hall–Kier alpha value is -3.10. The summed E-state index contributed by atoms with van der Waals surface area (Å²) in [5, 5.41) is 9.89. The molecule has 0 saturated heterocycles. The molecule has 0 bridgehead atoms. The van der Waals surface area contributed by atoms with Crippen molar-refractivity contribution in [3.8, 4) is 0 Å². The standard InChI is InChI=1S/C52H86NO7P/c1-5-6-7-8-9-10-11-12-13-14-15-16-17-18-19-20-21-22-23-24-25-26-27-28-29-30-31-32-33-34-35-36-37-38-39-40-41-42-43-44-45-46-52(55)58-49-51(54)50-60-61(56,57)59-48-47-53(2,3)4/h6-7,9-10,12-13,15-16,18-19,21-22,24-25,27-28,30-31,33-34,51,54H,5,8,11,14,17,20,23,26,29,32,35-50H2,1-4H3/b7-6-,10-9-,13-12-,16-15-,19-18-,22-21-,25-24-,28-27-,31-30-,34-33-. The Morgan fingerprint density at radius 2 is 0.869 bits per heavy atom. The molecule has 0 aliphatic rings. The van der Waals surface area contributed by atoms with Gasteiger partial charge in [0, 0.05) is 6.42 Å². The van der Waals surface area contributed by atoms with E-state index in [0.29, 0.717) is 11.0 Å². The number of esters is 1. The smallest absolute Gasteiger partial charge is 0.305 e. The van der Waals surface area contributed by atoms with Crippen molar-refractivity contribution in [2.45, 2.75) is 154 Å². The van der Waals surface area contributed by atoms with E-state index in [4.69, 9.17) is 13.8 Å². The van der Waals surface area contributed by atoms with Gasteiger partial charge < -0.3 is 28.3 Å². The third-order valence-corrected chi connectivity index (χ3v) is 10.2. The number of quaternary nitrogens is 1. The first-order chi connectivity index (χ1) is 29.6. The van der Waals surface area contributed by atoms with Crippen molar-refractivity contribution >= 4 is 13.8 Å². The van der Waals surface area contributed by atoms with E-state index in [0.717, 1.165) is 89.9 Å². The lowest BCUT2D eigenvalue weighted by atomic mass is 10.1. The summed E-state index contributed by atoms with van der Waals surface area (Å²) < 4.78 is 26.9. The van der Waals surface area contributed by atoms with Gasteiger partial charge in [0.2, 0.25) is 0 Å². The predicted molar refractivity (Wildman–Crippen MR) is 258 cm³/mol. The van der Waals surface area contributed by atoms with Crippen LogP contribution in [0.2, 0.25) is 0 Å². The van der Waals surface area contributed by atoms with Crippen LogP contribution < -0.4 is 4.89 Å². The van der Waals surface area contributed by atoms with Crippen LogP contribution in [0, 0.1) is 0 Å². The number of phosphoric acid groups is 1. The molecule has 0 saturated carbocycles. The quantitative estimate of drug-likeness (QED) is 0.0214. The number of allylic oxidation sites excluding steroid dienone is 20. The Morgan fingerprint density at radius 1 is 0.525 bits per heavy atom. The van der Waals surface area contributed by atoms with Crippen LogP contribution in [0.15, 0.2) is 122 Å². The summed E-state index contributed by atoms with van der Waals surface area (Å²) in [6.07, 6.45) is 66.7. The minimum atomic E-state index is -4.51. The Kier molecular flexibility index (Phi) is 41.3. The monoisotopic (exact) mass is 868 g/mol. The predicted octanol–water partition coefficient (Wildman–Crippen LogP) is 13.3. The number of unbranched alkanes of at least 4 members (excludes halogenated alkanes) is 10. The van der Waals surface area contributed by atoms with Crippen molar-refractivity contribution in [1.82, 2.24) is 0 Å². The summed E-state index contributed by atoms with van der Waals surface area (Å²) in [4.78, 5) is 23.7. The van der Waals surface area contributed by atoms with Gasteiger partial charge in [0.25, 0.3) is 7.82 Å². The maximum atomic E-state index is 11.9. The topological polar surface area (TPSA) is 105 Å². The van der Waals surface area contributed by atoms with Crippen LogP contribution in [0.3, 0.4) is 0 Å². The fourth-order valence-electron chi connectivity index (χ4n) is 5.62. The molecule has 0 radical (unpaired) electrons. The van der Waals surface area contributed by atoms with E-state index in [2.05, 4.69) is 128 Å². The molecule has 0 aromatic heterocycles. The maximum Gasteiger partial charge on any atom is 0.305 e. The number of ether oxygens (including phenoxy) is 1. The lowest BCUT2D eigenvalue weighted by Crippen LogP contribution is -2.37. The highest BCUT2D eigenvalue weighted by atomic mass is 31.2. The van der Waals surface area contributed by atoms with Crippen LogP contribution in [0.25, 0.3) is 0 Å². The van der Waals surface area contributed by atoms with Gasteiger partial charge in [-0.1, -0.05) is 180 Å². The molecule has 0 rings (SSSR count). The van der Waals surface area contributed by atoms with Crippen LogP contribution in [0.4, 0.5) is 0 Å². The molecule has 0 aliphatic heterocycles. The summed E-state index contributed by atoms with van der Waals surface area (Å²) in [5.74, 6) is -0.397. The van der Waals surface area contributed by atoms with Crippen molar-refractivity contribution in [2.24, 2.45) is 0 Å². The molecule has 0 amide bonds. The number of aliphatic hydroxyl groups is 1. The lowest BCUT2D eigenvalue weighted by molar-refractivity contribution is -0.870. The molecule has 2 atom stereocenters. The summed E-state index contributed by atoms with van der Waals surface area (Å²) in [7, 11) is 1.23. The molecule has 0 spiro atoms. The molecule has 0 aromatic carbocycles. The molecule has 2 unspecified atom stereocenters. The summed E-state index contributed by atoms with van der Waals surface area (Å²) >= 11 is 0. The number of aliphatic hydroxyl groups excluding tert-OH is 1. The minimum absolute atomic E-state index is 0.0141. The van der Waals surface area contributed by atoms with E-state index in [9.17, 15) is 19.4 Å². The van der Waals surface area contributed by atoms with Gasteiger partial charge in [-0.3, -0.25) is 9.36 Å². The molecule has 0 aromatic rings. The molecular weight excluding hydrogens is 782 g/mol. The first kappa shape index (κ1) is 57.9. The molecule has 0 fully saturated rings. The summed E-state index contributed by atoms with van der Waals surface area (Å²) in [5.41, 5.74) is 0. The number of nitrogens with zero attached hydrogens (tertiary/aromatic N) is 1. The first-order valence-electron chi connectivity index (χ1n) is 23.3. The van der Waals surface area contributed by atoms with Gasteiger partial charge in [-0.25, -0.2) is 0 Å². The summed E-state index contributed by atoms with van der Waals surface area (Å²) in [6.45, 7) is 1.81. The summed E-state index contributed by atoms with van der Waals surface area (Å²) in [6, 6.07) is 0. The molecule has 8 nitrogen and oxygen atoms in total. The molecule has 0 heterocycles. The Balaban J connectivity index is 3.57. The van der Waals surface area contributed by atoms with E-state index in [-0.39, 0.29) is 19.6 Å². The third-order valence-electron chi connectivity index (χ3n) is 9.23. The normalized spacial score (nSPS) is 14.8. The molecule has 61 heavy (non-hydrogen) atoms. The van der Waals surface area contributed by atoms with E-state index in [1.54, 1.807) is 0 Å². The van der Waals surface area contributed by atoms with Gasteiger partial charge in [0.05, 0.1) is 27.7 Å². The van der Waals surface area contributed by atoms with Crippen molar-refractivity contribution in [2.75, 3.05) is 47.5 Å². The van der Waals surface area contributed by atoms with Crippen LogP contribution in [-0.2, 0) is 23.1 Å². The second-order valence-corrected chi connectivity index (χ2v) is 17.7. The van der Waals surface area contributed by atoms with Crippen LogP contribution in [-0.4, -0.2) is 69.2 Å². The van der Waals surface area contributed by atoms with E-state index >= 15 is 0 Å². The van der Waals surface area contributed by atoms with E-state index < -0.39 is 26.5 Å². The number of rotatable bonds is 41. The third kappa shape index (κ3) is 49.4. The highest BCUT2D eigenvalue weighted by Crippen LogP contribution is 2.38. The lowest BCUT2D eigenvalue weighted by Gasteiger charge is -2.27. The number of likely N-dealkylation sites (N-methyl/N-ethyl adjacent to an activating group) is 1. The zero-order chi connectivity index (χ0) is 44.8. The molecule has 1 N–H and O–H groups in total. The van der Waals surface area contributed by atoms with Gasteiger partial charge in [-0.15, -0.1) is 0 Å². The van der Waals surface area contributed by atoms with Crippen molar-refractivity contribution in [3.05, 3.63) is 122 Å². The van der Waals surface area contributed by atoms with E-state index in [1.807, 2.05) is 21.1 Å². The number of hydrogen-bond donors (Lipinski definition) is 1. The number of phosphoric ester groups is 1. The molecule has 9 heteroatoms. The average Bonchev–Trinajstić information content (AvgIpc) is 3.22. The highest BCUT2D eigenvalue weighted by molar-refractivity contribution is 7.45. The number of hydrogen-bond acceptors (Lipinski definition) is 7. The van der Waals surface area contributed by atoms with Gasteiger partial charge in [-0.2, -0.15) is 0 Å². The molecule has 346 valence electrons. The first-order valence-corrected chi connectivity index (χ1v) is 24.8. The second kappa shape index (κ2) is 43.5. The largest absolute Gasteiger partial charge is 0.756 e. The van der Waals surface area contributed by atoms with Crippen molar-refractivity contribution in [1.29, 1.82) is 0 Å². The fourth-order valence-corrected chi connectivity index (χ4v) is 6.35. The van der Waals surface area contributed by atoms with Gasteiger partial charge in [0.1, 0.15) is 25.9 Å². The van der Waals surface area contributed by atoms with Crippen LogP contribution in [0.1, 0.15) is 148 Å². The van der Waals surface area contributed by atoms with Crippen molar-refractivity contribution < 1.29 is 37.6 Å². The maximum absolute atomic E-state index is 11.9. The zero-order valence-electron chi connectivity index (χ0n) is 38.8. The number of carbonyl (C=O) groups is 1. The fraction of sp³-hybridized carbons (Fsp3) is 0.596. The van der Waals surface area contributed by atoms with Crippen molar-refractivity contribution in [3.63, 3.8) is 0 Å².